The molecule has 16 heteroatoms. The molecule has 4 aromatic carbocycles. The van der Waals surface area contributed by atoms with Crippen LogP contribution in [0.5, 0.6) is 0 Å². The normalized spacial score (nSPS) is 22.0. The predicted molar refractivity (Wildman–Crippen MR) is 177 cm³/mol. The van der Waals surface area contributed by atoms with Crippen LogP contribution in [-0.4, -0.2) is 57.1 Å². The minimum absolute atomic E-state index is 0.147. The summed E-state index contributed by atoms with van der Waals surface area (Å²) in [6.45, 7) is 0. The van der Waals surface area contributed by atoms with E-state index in [0.717, 1.165) is 20.9 Å². The average Bonchev–Trinajstić information content (AvgIpc) is 3.89. The van der Waals surface area contributed by atoms with E-state index in [1.165, 1.54) is 36.4 Å². The van der Waals surface area contributed by atoms with E-state index >= 15 is 0 Å². The van der Waals surface area contributed by atoms with Gasteiger partial charge >= 0.3 is 0 Å². The maximum Gasteiger partial charge on any atom is 0.278 e. The minimum atomic E-state index is -1.18. The summed E-state index contributed by atoms with van der Waals surface area (Å²) < 4.78 is 0. The fraction of sp³-hybridized carbons (Fsp3) is 0.143. The topological polar surface area (TPSA) is 204 Å². The molecule has 8 rings (SSSR count). The molecule has 2 saturated heterocycles. The third-order valence-electron chi connectivity index (χ3n) is 9.13. The minimum Gasteiger partial charge on any atom is -0.381 e. The van der Waals surface area contributed by atoms with Crippen molar-refractivity contribution in [2.24, 2.45) is 22.1 Å². The molecule has 4 atom stereocenters. The Labute approximate surface area is 286 Å². The number of oxime groups is 2. The largest absolute Gasteiger partial charge is 0.381 e. The van der Waals surface area contributed by atoms with E-state index < -0.39 is 57.5 Å². The molecule has 16 nitrogen and oxygen atoms in total. The number of nitrogens with zero attached hydrogens (tertiary/aromatic N) is 6. The molecule has 2 fully saturated rings. The number of anilines is 2. The van der Waals surface area contributed by atoms with Gasteiger partial charge in [0.2, 0.25) is 24.0 Å². The number of non-ortho nitro benzene ring substituents is 2. The predicted octanol–water partition coefficient (Wildman–Crippen LogP) is 3.68. The highest BCUT2D eigenvalue weighted by molar-refractivity contribution is 6.33. The molecule has 0 aromatic heterocycles. The van der Waals surface area contributed by atoms with Gasteiger partial charge in [0.15, 0.2) is 0 Å². The van der Waals surface area contributed by atoms with Gasteiger partial charge in [-0.25, -0.2) is 9.80 Å². The van der Waals surface area contributed by atoms with Crippen molar-refractivity contribution in [3.63, 3.8) is 0 Å². The van der Waals surface area contributed by atoms with Crippen molar-refractivity contribution < 1.29 is 38.7 Å². The first-order valence-corrected chi connectivity index (χ1v) is 15.5. The molecule has 252 valence electrons. The summed E-state index contributed by atoms with van der Waals surface area (Å²) in [6.07, 6.45) is -1.91. The van der Waals surface area contributed by atoms with Gasteiger partial charge in [-0.05, 0) is 41.8 Å². The van der Waals surface area contributed by atoms with E-state index in [0.29, 0.717) is 28.9 Å². The van der Waals surface area contributed by atoms with Crippen molar-refractivity contribution in [1.82, 2.24) is 0 Å². The maximum absolute atomic E-state index is 13.5. The number of hydrogen-bond donors (Lipinski definition) is 0. The van der Waals surface area contributed by atoms with Crippen LogP contribution in [-0.2, 0) is 35.3 Å². The molecule has 4 aliphatic heterocycles. The number of fused-ring (bicyclic) bond motifs is 2. The Morgan fingerprint density at radius 2 is 0.961 bits per heavy atom. The molecule has 4 aliphatic rings. The zero-order valence-electron chi connectivity index (χ0n) is 26.0. The molecule has 0 radical (unpaired) electrons. The second-order valence-electron chi connectivity index (χ2n) is 12.1. The highest BCUT2D eigenvalue weighted by Gasteiger charge is 2.57. The second-order valence-corrected chi connectivity index (χ2v) is 12.1. The van der Waals surface area contributed by atoms with Crippen LogP contribution >= 0.6 is 0 Å². The zero-order valence-corrected chi connectivity index (χ0v) is 26.0. The number of imide groups is 2. The number of nitro groups is 2. The average molecular weight is 687 g/mol. The smallest absolute Gasteiger partial charge is 0.278 e. The van der Waals surface area contributed by atoms with E-state index in [9.17, 15) is 39.4 Å². The SMILES string of the molecule is O=C1[C@@H]2C(c3cccc([N+](=O)[O-])c3)=NO[C@@H]2C(=O)N1c1ccc(Cc2ccc(N3C(=O)[C@H]4C(c5cccc([N+](=O)[O-])c5)=NO[C@H]4C3=O)cc2)cc1. The summed E-state index contributed by atoms with van der Waals surface area (Å²) in [4.78, 5) is 87.5. The van der Waals surface area contributed by atoms with Gasteiger partial charge in [0.1, 0.15) is 23.3 Å². The van der Waals surface area contributed by atoms with E-state index in [2.05, 4.69) is 10.3 Å². The summed E-state index contributed by atoms with van der Waals surface area (Å²) in [7, 11) is 0. The van der Waals surface area contributed by atoms with Crippen LogP contribution in [0.25, 0.3) is 0 Å². The van der Waals surface area contributed by atoms with Gasteiger partial charge in [0, 0.05) is 35.4 Å². The second kappa shape index (κ2) is 11.8. The lowest BCUT2D eigenvalue weighted by atomic mass is 9.94. The van der Waals surface area contributed by atoms with Crippen LogP contribution in [0, 0.1) is 32.1 Å². The van der Waals surface area contributed by atoms with Gasteiger partial charge in [-0.15, -0.1) is 0 Å². The highest BCUT2D eigenvalue weighted by atomic mass is 16.7. The number of hydrogen-bond acceptors (Lipinski definition) is 12. The molecule has 0 aliphatic carbocycles. The lowest BCUT2D eigenvalue weighted by molar-refractivity contribution is -0.385. The van der Waals surface area contributed by atoms with Gasteiger partial charge in [-0.2, -0.15) is 0 Å². The number of rotatable bonds is 8. The number of carbonyl (C=O) groups excluding carboxylic acids is 4. The third-order valence-corrected chi connectivity index (χ3v) is 9.13. The Balaban J connectivity index is 0.947. The molecule has 4 amide bonds. The molecule has 51 heavy (non-hydrogen) atoms. The summed E-state index contributed by atoms with van der Waals surface area (Å²) in [5.74, 6) is -4.39. The van der Waals surface area contributed by atoms with Crippen LogP contribution in [0.3, 0.4) is 0 Å². The molecular formula is C35H22N6O10. The number of carbonyl (C=O) groups is 4. The molecule has 0 bridgehead atoms. The highest BCUT2D eigenvalue weighted by Crippen LogP contribution is 2.37. The maximum atomic E-state index is 13.5. The number of benzene rings is 4. The fourth-order valence-corrected chi connectivity index (χ4v) is 6.66. The van der Waals surface area contributed by atoms with E-state index in [1.807, 2.05) is 0 Å². The van der Waals surface area contributed by atoms with Crippen LogP contribution < -0.4 is 9.80 Å². The quantitative estimate of drug-likeness (QED) is 0.149. The zero-order chi connectivity index (χ0) is 35.6. The van der Waals surface area contributed by atoms with Gasteiger partial charge in [-0.1, -0.05) is 58.8 Å². The molecule has 0 spiro atoms. The molecular weight excluding hydrogens is 664 g/mol. The van der Waals surface area contributed by atoms with Crippen molar-refractivity contribution in [2.45, 2.75) is 18.6 Å². The Kier molecular flexibility index (Phi) is 7.21. The van der Waals surface area contributed by atoms with E-state index in [1.54, 1.807) is 60.7 Å². The summed E-state index contributed by atoms with van der Waals surface area (Å²) >= 11 is 0. The lowest BCUT2D eigenvalue weighted by Gasteiger charge is -2.17. The molecule has 0 saturated carbocycles. The fourth-order valence-electron chi connectivity index (χ4n) is 6.66. The molecule has 4 heterocycles. The number of amides is 4. The molecule has 4 aromatic rings. The first-order chi connectivity index (χ1) is 24.6. The Hall–Kier alpha value is -7.10. The lowest BCUT2D eigenvalue weighted by Crippen LogP contribution is -2.33. The Morgan fingerprint density at radius 1 is 0.569 bits per heavy atom. The van der Waals surface area contributed by atoms with E-state index in [-0.39, 0.29) is 22.8 Å². The standard InChI is InChI=1S/C35H22N6O10/c42-32-26-28(20-3-1-5-24(16-20)40(46)47)36-50-30(26)34(44)38(32)22-11-7-18(8-12-22)15-19-9-13-23(14-10-19)39-33(43)27-29(37-51-31(27)35(39)45)21-4-2-6-25(17-21)41(48)49/h1-14,16-17,26-27,30-31H,15H2/t26-,27+,30+,31-. The van der Waals surface area contributed by atoms with Crippen LogP contribution in [0.2, 0.25) is 0 Å². The van der Waals surface area contributed by atoms with Crippen LogP contribution in [0.15, 0.2) is 107 Å². The van der Waals surface area contributed by atoms with Crippen molar-refractivity contribution in [2.75, 3.05) is 9.80 Å². The van der Waals surface area contributed by atoms with Gasteiger partial charge in [-0.3, -0.25) is 39.4 Å². The third kappa shape index (κ3) is 5.08. The molecule has 0 N–H and O–H groups in total. The van der Waals surface area contributed by atoms with Gasteiger partial charge in [0.05, 0.1) is 21.2 Å². The summed E-state index contributed by atoms with van der Waals surface area (Å²) in [5, 5.41) is 30.3. The summed E-state index contributed by atoms with van der Waals surface area (Å²) in [5.41, 5.74) is 2.89. The first-order valence-electron chi connectivity index (χ1n) is 15.5. The van der Waals surface area contributed by atoms with Crippen molar-refractivity contribution in [1.29, 1.82) is 0 Å². The van der Waals surface area contributed by atoms with Crippen LogP contribution in [0.4, 0.5) is 22.7 Å². The Bertz CT molecular complexity index is 2110. The van der Waals surface area contributed by atoms with Crippen LogP contribution in [0.1, 0.15) is 22.3 Å². The van der Waals surface area contributed by atoms with E-state index in [4.69, 9.17) is 9.68 Å². The Morgan fingerprint density at radius 3 is 1.33 bits per heavy atom. The summed E-state index contributed by atoms with van der Waals surface area (Å²) in [6, 6.07) is 24.8. The van der Waals surface area contributed by atoms with Gasteiger partial charge < -0.3 is 9.68 Å². The van der Waals surface area contributed by atoms with Gasteiger partial charge in [0.25, 0.3) is 23.2 Å². The number of nitro benzene ring substituents is 2. The first kappa shape index (κ1) is 31.2. The van der Waals surface area contributed by atoms with Crippen molar-refractivity contribution in [3.8, 4) is 0 Å². The van der Waals surface area contributed by atoms with Crippen molar-refractivity contribution in [3.05, 3.63) is 140 Å². The monoisotopic (exact) mass is 686 g/mol. The van der Waals surface area contributed by atoms with Crippen molar-refractivity contribution >= 4 is 57.8 Å². The molecule has 0 unspecified atom stereocenters.